The minimum absolute atomic E-state index is 0.324. The van der Waals surface area contributed by atoms with Crippen LogP contribution in [0.5, 0.6) is 5.75 Å². The number of aryl methyl sites for hydroxylation is 1. The van der Waals surface area contributed by atoms with Crippen molar-refractivity contribution in [3.05, 3.63) is 45.6 Å². The summed E-state index contributed by atoms with van der Waals surface area (Å²) in [7, 11) is 1.53. The largest absolute Gasteiger partial charge is 0.495 e. The number of benzene rings is 1. The van der Waals surface area contributed by atoms with Crippen molar-refractivity contribution in [3.8, 4) is 5.75 Å². The van der Waals surface area contributed by atoms with Crippen LogP contribution in [0.25, 0.3) is 0 Å². The van der Waals surface area contributed by atoms with E-state index in [0.29, 0.717) is 22.2 Å². The van der Waals surface area contributed by atoms with Crippen LogP contribution < -0.4 is 10.1 Å². The molecule has 0 bridgehead atoms. The van der Waals surface area contributed by atoms with Gasteiger partial charge in [0.2, 0.25) is 0 Å². The molecule has 0 saturated carbocycles. The van der Waals surface area contributed by atoms with E-state index < -0.39 is 11.9 Å². The summed E-state index contributed by atoms with van der Waals surface area (Å²) in [5, 5.41) is 2.69. The third-order valence-electron chi connectivity index (χ3n) is 4.25. The second-order valence-corrected chi connectivity index (χ2v) is 7.37. The summed E-state index contributed by atoms with van der Waals surface area (Å²) in [5.74, 6) is 0.370. The molecule has 1 unspecified atom stereocenters. The Morgan fingerprint density at radius 1 is 1.32 bits per heavy atom. The molecule has 1 aromatic carbocycles. The zero-order valence-corrected chi connectivity index (χ0v) is 15.2. The highest BCUT2D eigenvalue weighted by molar-refractivity contribution is 7.14. The van der Waals surface area contributed by atoms with E-state index in [0.717, 1.165) is 19.3 Å². The van der Waals surface area contributed by atoms with Crippen LogP contribution in [-0.4, -0.2) is 25.6 Å². The quantitative estimate of drug-likeness (QED) is 0.827. The average Bonchev–Trinajstić information content (AvgIpc) is 3.03. The fraction of sp³-hybridized carbons (Fsp3) is 0.368. The smallest absolute Gasteiger partial charge is 0.348 e. The molecule has 1 aromatic heterocycles. The maximum absolute atomic E-state index is 12.2. The summed E-state index contributed by atoms with van der Waals surface area (Å²) in [4.78, 5) is 26.1. The molecule has 1 atom stereocenters. The Morgan fingerprint density at radius 3 is 2.92 bits per heavy atom. The number of fused-ring (bicyclic) bond motifs is 1. The maximum Gasteiger partial charge on any atom is 0.348 e. The van der Waals surface area contributed by atoms with Crippen molar-refractivity contribution >= 4 is 28.9 Å². The highest BCUT2D eigenvalue weighted by Crippen LogP contribution is 2.32. The van der Waals surface area contributed by atoms with Crippen LogP contribution in [0.15, 0.2) is 30.3 Å². The van der Waals surface area contributed by atoms with Gasteiger partial charge in [-0.05, 0) is 48.9 Å². The third kappa shape index (κ3) is 4.20. The van der Waals surface area contributed by atoms with Crippen molar-refractivity contribution < 1.29 is 19.1 Å². The molecule has 0 saturated heterocycles. The molecule has 132 valence electrons. The van der Waals surface area contributed by atoms with Crippen LogP contribution in [0, 0.1) is 5.92 Å². The van der Waals surface area contributed by atoms with Gasteiger partial charge in [0.25, 0.3) is 5.91 Å². The predicted octanol–water partition coefficient (Wildman–Crippen LogP) is 3.68. The van der Waals surface area contributed by atoms with E-state index in [1.165, 1.54) is 28.9 Å². The number of hydrogen-bond donors (Lipinski definition) is 1. The molecule has 1 aliphatic rings. The van der Waals surface area contributed by atoms with Crippen LogP contribution in [0.4, 0.5) is 5.69 Å². The highest BCUT2D eigenvalue weighted by Gasteiger charge is 2.21. The third-order valence-corrected chi connectivity index (χ3v) is 5.46. The van der Waals surface area contributed by atoms with Crippen molar-refractivity contribution in [3.63, 3.8) is 0 Å². The van der Waals surface area contributed by atoms with Gasteiger partial charge in [-0.1, -0.05) is 19.1 Å². The first kappa shape index (κ1) is 17.5. The molecule has 0 fully saturated rings. The lowest BCUT2D eigenvalue weighted by molar-refractivity contribution is -0.119. The minimum atomic E-state index is -0.442. The molecule has 1 aliphatic carbocycles. The molecule has 0 spiro atoms. The van der Waals surface area contributed by atoms with Crippen LogP contribution in [0.3, 0.4) is 0 Å². The van der Waals surface area contributed by atoms with Gasteiger partial charge in [0.1, 0.15) is 10.6 Å². The molecule has 2 aromatic rings. The number of thiophene rings is 1. The lowest BCUT2D eigenvalue weighted by Crippen LogP contribution is -2.20. The lowest BCUT2D eigenvalue weighted by Gasteiger charge is -2.16. The van der Waals surface area contributed by atoms with E-state index in [-0.39, 0.29) is 6.61 Å². The number of anilines is 1. The topological polar surface area (TPSA) is 64.6 Å². The van der Waals surface area contributed by atoms with Crippen LogP contribution in [0.2, 0.25) is 0 Å². The number of nitrogens with one attached hydrogen (secondary N) is 1. The van der Waals surface area contributed by atoms with E-state index in [9.17, 15) is 9.59 Å². The van der Waals surface area contributed by atoms with Gasteiger partial charge in [-0.25, -0.2) is 4.79 Å². The van der Waals surface area contributed by atoms with Gasteiger partial charge >= 0.3 is 5.97 Å². The summed E-state index contributed by atoms with van der Waals surface area (Å²) < 4.78 is 10.3. The molecule has 0 radical (unpaired) electrons. The summed E-state index contributed by atoms with van der Waals surface area (Å²) in [6, 6.07) is 9.00. The van der Waals surface area contributed by atoms with E-state index in [2.05, 4.69) is 12.2 Å². The molecule has 1 heterocycles. The molecular weight excluding hydrogens is 338 g/mol. The number of amides is 1. The second-order valence-electron chi connectivity index (χ2n) is 6.23. The Morgan fingerprint density at radius 2 is 2.12 bits per heavy atom. The Kier molecular flexibility index (Phi) is 5.38. The maximum atomic E-state index is 12.2. The summed E-state index contributed by atoms with van der Waals surface area (Å²) in [6.45, 7) is 1.90. The average molecular weight is 359 g/mol. The molecule has 1 amide bonds. The molecule has 6 heteroatoms. The second kappa shape index (κ2) is 7.70. The Balaban J connectivity index is 1.56. The number of hydrogen-bond acceptors (Lipinski definition) is 5. The van der Waals surface area contributed by atoms with Gasteiger partial charge in [0.05, 0.1) is 12.8 Å². The zero-order chi connectivity index (χ0) is 17.8. The first-order valence-corrected chi connectivity index (χ1v) is 9.10. The number of esters is 1. The van der Waals surface area contributed by atoms with Gasteiger partial charge in [-0.15, -0.1) is 11.3 Å². The molecule has 3 rings (SSSR count). The van der Waals surface area contributed by atoms with Crippen molar-refractivity contribution in [2.75, 3.05) is 19.0 Å². The molecule has 1 N–H and O–H groups in total. The number of para-hydroxylation sites is 2. The number of ether oxygens (including phenoxy) is 2. The standard InChI is InChI=1S/C19H21NO4S/c1-12-7-8-16-13(9-12)10-17(25-16)19(22)24-11-18(21)20-14-5-3-4-6-15(14)23-2/h3-6,10,12H,7-9,11H2,1-2H3,(H,20,21). The molecule has 5 nitrogen and oxygen atoms in total. The summed E-state index contributed by atoms with van der Waals surface area (Å²) in [5.41, 5.74) is 1.79. The fourth-order valence-corrected chi connectivity index (χ4v) is 4.04. The first-order valence-electron chi connectivity index (χ1n) is 8.28. The van der Waals surface area contributed by atoms with E-state index in [1.54, 1.807) is 18.2 Å². The Labute approximate surface area is 151 Å². The van der Waals surface area contributed by atoms with Gasteiger partial charge in [-0.2, -0.15) is 0 Å². The predicted molar refractivity (Wildman–Crippen MR) is 97.4 cm³/mol. The van der Waals surface area contributed by atoms with Gasteiger partial charge in [0, 0.05) is 4.88 Å². The van der Waals surface area contributed by atoms with Crippen molar-refractivity contribution in [2.45, 2.75) is 26.2 Å². The first-order chi connectivity index (χ1) is 12.1. The Bertz CT molecular complexity index is 783. The van der Waals surface area contributed by atoms with E-state index in [1.807, 2.05) is 12.1 Å². The zero-order valence-electron chi connectivity index (χ0n) is 14.3. The molecular formula is C19H21NO4S. The lowest BCUT2D eigenvalue weighted by atomic mass is 9.90. The molecule has 0 aliphatic heterocycles. The summed E-state index contributed by atoms with van der Waals surface area (Å²) >= 11 is 1.48. The van der Waals surface area contributed by atoms with Gasteiger partial charge in [0.15, 0.2) is 6.61 Å². The van der Waals surface area contributed by atoms with E-state index in [4.69, 9.17) is 9.47 Å². The van der Waals surface area contributed by atoms with Gasteiger partial charge < -0.3 is 14.8 Å². The SMILES string of the molecule is COc1ccccc1NC(=O)COC(=O)c1cc2c(s1)CCC(C)C2. The number of rotatable bonds is 5. The van der Waals surface area contributed by atoms with Crippen molar-refractivity contribution in [1.82, 2.24) is 0 Å². The number of carbonyl (C=O) groups is 2. The van der Waals surface area contributed by atoms with Crippen LogP contribution in [-0.2, 0) is 22.4 Å². The van der Waals surface area contributed by atoms with Gasteiger partial charge in [-0.3, -0.25) is 4.79 Å². The van der Waals surface area contributed by atoms with Crippen LogP contribution in [0.1, 0.15) is 33.5 Å². The Hall–Kier alpha value is -2.34. The van der Waals surface area contributed by atoms with Crippen molar-refractivity contribution in [1.29, 1.82) is 0 Å². The number of carbonyl (C=O) groups excluding carboxylic acids is 2. The number of methoxy groups -OCH3 is 1. The van der Waals surface area contributed by atoms with Crippen molar-refractivity contribution in [2.24, 2.45) is 5.92 Å². The normalized spacial score (nSPS) is 16.0. The van der Waals surface area contributed by atoms with E-state index >= 15 is 0 Å². The highest BCUT2D eigenvalue weighted by atomic mass is 32.1. The monoisotopic (exact) mass is 359 g/mol. The fourth-order valence-electron chi connectivity index (χ4n) is 2.94. The van der Waals surface area contributed by atoms with Crippen LogP contribution >= 0.6 is 11.3 Å². The minimum Gasteiger partial charge on any atom is -0.495 e. The summed E-state index contributed by atoms with van der Waals surface area (Å²) in [6.07, 6.45) is 3.18. The molecule has 25 heavy (non-hydrogen) atoms.